The minimum absolute atomic E-state index is 0.0322. The molecule has 0 bridgehead atoms. The predicted octanol–water partition coefficient (Wildman–Crippen LogP) is 3.28. The van der Waals surface area contributed by atoms with Crippen LogP contribution in [0.3, 0.4) is 0 Å². The van der Waals surface area contributed by atoms with Crippen molar-refractivity contribution in [3.63, 3.8) is 0 Å². The van der Waals surface area contributed by atoms with Crippen molar-refractivity contribution in [2.24, 2.45) is 5.92 Å². The van der Waals surface area contributed by atoms with Crippen molar-refractivity contribution in [1.82, 2.24) is 4.90 Å². The summed E-state index contributed by atoms with van der Waals surface area (Å²) >= 11 is 0. The van der Waals surface area contributed by atoms with Gasteiger partial charge >= 0.3 is 0 Å². The van der Waals surface area contributed by atoms with Crippen LogP contribution in [0.25, 0.3) is 0 Å². The first-order valence-electron chi connectivity index (χ1n) is 11.6. The molecule has 11 heteroatoms. The fourth-order valence-corrected chi connectivity index (χ4v) is 4.57. The number of nitrogens with zero attached hydrogens (tertiary/aromatic N) is 1. The van der Waals surface area contributed by atoms with Gasteiger partial charge in [-0.1, -0.05) is 26.0 Å². The standard InChI is InChI=1S/C22H24N2O7S.C4H8O/c1-5-31-19-11-14(9-10-18(19)30-3)17(12-32(4,28)29)24-21(26)15-7-6-8-16(23-13(2)25)20(15)22(24)27;1-4(2)3-5/h6-11,17H,5,12H2,1-4H3,(H,23,25);3-4H,1-2H3/t17-;/m1./s1. The molecule has 0 saturated carbocycles. The molecule has 3 amide bonds. The molecule has 2 aromatic rings. The normalized spacial score (nSPS) is 13.4. The Kier molecular flexibility index (Phi) is 9.96. The first-order valence-corrected chi connectivity index (χ1v) is 13.6. The number of hydrogen-bond acceptors (Lipinski definition) is 8. The molecule has 1 heterocycles. The molecule has 200 valence electrons. The quantitative estimate of drug-likeness (QED) is 0.384. The third-order valence-corrected chi connectivity index (χ3v) is 6.10. The Labute approximate surface area is 216 Å². The number of benzene rings is 2. The molecule has 10 nitrogen and oxygen atoms in total. The smallest absolute Gasteiger partial charge is 0.264 e. The van der Waals surface area contributed by atoms with Crippen LogP contribution in [0.4, 0.5) is 5.69 Å². The molecule has 0 aliphatic carbocycles. The van der Waals surface area contributed by atoms with Crippen LogP contribution in [0.15, 0.2) is 36.4 Å². The zero-order valence-electron chi connectivity index (χ0n) is 21.7. The van der Waals surface area contributed by atoms with Crippen LogP contribution in [0.5, 0.6) is 11.5 Å². The summed E-state index contributed by atoms with van der Waals surface area (Å²) in [5.74, 6) is -1.20. The molecular formula is C26H32N2O8S. The third kappa shape index (κ3) is 7.39. The van der Waals surface area contributed by atoms with Crippen molar-refractivity contribution in [2.45, 2.75) is 33.7 Å². The first kappa shape index (κ1) is 29.5. The number of carbonyl (C=O) groups excluding carboxylic acids is 4. The lowest BCUT2D eigenvalue weighted by Crippen LogP contribution is -2.37. The summed E-state index contributed by atoms with van der Waals surface area (Å²) in [5.41, 5.74) is 0.719. The van der Waals surface area contributed by atoms with E-state index in [1.54, 1.807) is 31.2 Å². The number of amides is 3. The summed E-state index contributed by atoms with van der Waals surface area (Å²) < 4.78 is 35.3. The summed E-state index contributed by atoms with van der Waals surface area (Å²) in [7, 11) is -2.13. The largest absolute Gasteiger partial charge is 0.493 e. The van der Waals surface area contributed by atoms with Crippen LogP contribution in [0, 0.1) is 5.92 Å². The van der Waals surface area contributed by atoms with E-state index < -0.39 is 39.4 Å². The van der Waals surface area contributed by atoms with Crippen molar-refractivity contribution in [1.29, 1.82) is 0 Å². The van der Waals surface area contributed by atoms with Crippen molar-refractivity contribution in [3.8, 4) is 11.5 Å². The number of aldehydes is 1. The minimum Gasteiger partial charge on any atom is -0.493 e. The van der Waals surface area contributed by atoms with E-state index in [9.17, 15) is 27.6 Å². The SMILES string of the molecule is CC(C)C=O.CCOc1cc([C@@H](CS(C)(=O)=O)N2C(=O)c3cccc(NC(C)=O)c3C2=O)ccc1OC. The average molecular weight is 533 g/mol. The Balaban J connectivity index is 0.000000877. The van der Waals surface area contributed by atoms with E-state index in [1.165, 1.54) is 26.2 Å². The van der Waals surface area contributed by atoms with Gasteiger partial charge in [-0.15, -0.1) is 0 Å². The van der Waals surface area contributed by atoms with E-state index in [2.05, 4.69) is 5.32 Å². The van der Waals surface area contributed by atoms with Gasteiger partial charge in [0.05, 0.1) is 42.3 Å². The topological polar surface area (TPSA) is 136 Å². The van der Waals surface area contributed by atoms with Gasteiger partial charge in [-0.05, 0) is 36.8 Å². The third-order valence-electron chi connectivity index (χ3n) is 5.17. The number of sulfone groups is 1. The van der Waals surface area contributed by atoms with E-state index in [4.69, 9.17) is 9.47 Å². The molecule has 0 spiro atoms. The van der Waals surface area contributed by atoms with Gasteiger partial charge in [0.25, 0.3) is 11.8 Å². The number of nitrogens with one attached hydrogen (secondary N) is 1. The second-order valence-corrected chi connectivity index (χ2v) is 10.9. The highest BCUT2D eigenvalue weighted by Crippen LogP contribution is 2.38. The van der Waals surface area contributed by atoms with Gasteiger partial charge in [-0.25, -0.2) is 8.42 Å². The molecule has 0 radical (unpaired) electrons. The molecule has 1 aliphatic rings. The van der Waals surface area contributed by atoms with Crippen LogP contribution in [0.1, 0.15) is 60.0 Å². The molecule has 1 aliphatic heterocycles. The Bertz CT molecular complexity index is 1290. The molecule has 0 saturated heterocycles. The van der Waals surface area contributed by atoms with E-state index >= 15 is 0 Å². The van der Waals surface area contributed by atoms with Crippen molar-refractivity contribution < 1.29 is 37.1 Å². The van der Waals surface area contributed by atoms with E-state index in [0.717, 1.165) is 17.4 Å². The molecule has 0 unspecified atom stereocenters. The van der Waals surface area contributed by atoms with Crippen LogP contribution in [0.2, 0.25) is 0 Å². The zero-order valence-corrected chi connectivity index (χ0v) is 22.5. The van der Waals surface area contributed by atoms with Crippen LogP contribution in [-0.2, 0) is 19.4 Å². The number of rotatable bonds is 9. The highest BCUT2D eigenvalue weighted by Gasteiger charge is 2.43. The fourth-order valence-electron chi connectivity index (χ4n) is 3.66. The first-order chi connectivity index (χ1) is 17.3. The van der Waals surface area contributed by atoms with Crippen molar-refractivity contribution in [3.05, 3.63) is 53.1 Å². The van der Waals surface area contributed by atoms with Gasteiger partial charge in [0, 0.05) is 19.1 Å². The molecule has 3 rings (SSSR count). The van der Waals surface area contributed by atoms with Crippen LogP contribution in [-0.4, -0.2) is 63.1 Å². The van der Waals surface area contributed by atoms with Crippen molar-refractivity contribution >= 4 is 39.5 Å². The number of fused-ring (bicyclic) bond motifs is 1. The Morgan fingerprint density at radius 1 is 1.11 bits per heavy atom. The molecule has 1 N–H and O–H groups in total. The Hall–Kier alpha value is -3.73. The summed E-state index contributed by atoms with van der Waals surface area (Å²) in [6.07, 6.45) is 1.95. The number of ether oxygens (including phenoxy) is 2. The van der Waals surface area contributed by atoms with Gasteiger partial charge in [0.1, 0.15) is 16.1 Å². The van der Waals surface area contributed by atoms with E-state index in [0.29, 0.717) is 23.7 Å². The highest BCUT2D eigenvalue weighted by molar-refractivity contribution is 7.90. The van der Waals surface area contributed by atoms with Gasteiger partial charge in [-0.3, -0.25) is 19.3 Å². The van der Waals surface area contributed by atoms with Gasteiger partial charge in [0.2, 0.25) is 5.91 Å². The number of anilines is 1. The second-order valence-electron chi connectivity index (χ2n) is 8.72. The number of hydrogen-bond donors (Lipinski definition) is 1. The van der Waals surface area contributed by atoms with Crippen LogP contribution >= 0.6 is 0 Å². The lowest BCUT2D eigenvalue weighted by Gasteiger charge is -2.27. The number of carbonyl (C=O) groups is 4. The van der Waals surface area contributed by atoms with E-state index in [-0.39, 0.29) is 22.7 Å². The van der Waals surface area contributed by atoms with Crippen LogP contribution < -0.4 is 14.8 Å². The van der Waals surface area contributed by atoms with E-state index in [1.807, 2.05) is 13.8 Å². The summed E-state index contributed by atoms with van der Waals surface area (Å²) in [4.78, 5) is 48.6. The predicted molar refractivity (Wildman–Crippen MR) is 139 cm³/mol. The molecule has 0 fully saturated rings. The maximum Gasteiger partial charge on any atom is 0.264 e. The molecular weight excluding hydrogens is 500 g/mol. The minimum atomic E-state index is -3.60. The average Bonchev–Trinajstić information content (AvgIpc) is 3.08. The molecule has 0 aromatic heterocycles. The summed E-state index contributed by atoms with van der Waals surface area (Å²) in [5, 5.41) is 2.55. The maximum atomic E-state index is 13.3. The van der Waals surface area contributed by atoms with Gasteiger partial charge < -0.3 is 19.6 Å². The molecule has 37 heavy (non-hydrogen) atoms. The lowest BCUT2D eigenvalue weighted by atomic mass is 10.1. The lowest BCUT2D eigenvalue weighted by molar-refractivity contribution is -0.114. The maximum absolute atomic E-state index is 13.3. The Morgan fingerprint density at radius 3 is 2.27 bits per heavy atom. The van der Waals surface area contributed by atoms with Crippen molar-refractivity contribution in [2.75, 3.05) is 31.0 Å². The number of imide groups is 1. The number of methoxy groups -OCH3 is 1. The fraction of sp³-hybridized carbons (Fsp3) is 0.385. The molecule has 2 aromatic carbocycles. The van der Waals surface area contributed by atoms with Gasteiger partial charge in [-0.2, -0.15) is 0 Å². The zero-order chi connectivity index (χ0) is 27.9. The van der Waals surface area contributed by atoms with Gasteiger partial charge in [0.15, 0.2) is 11.5 Å². The molecule has 1 atom stereocenters. The Morgan fingerprint density at radius 2 is 1.76 bits per heavy atom. The highest BCUT2D eigenvalue weighted by atomic mass is 32.2. The summed E-state index contributed by atoms with van der Waals surface area (Å²) in [6.45, 7) is 7.12. The summed E-state index contributed by atoms with van der Waals surface area (Å²) in [6, 6.07) is 8.18. The monoisotopic (exact) mass is 532 g/mol. The second kappa shape index (κ2) is 12.5.